The number of nitrogens with zero attached hydrogens (tertiary/aromatic N) is 1. The zero-order valence-electron chi connectivity index (χ0n) is 10.9. The van der Waals surface area contributed by atoms with Crippen molar-refractivity contribution in [3.8, 4) is 0 Å². The van der Waals surface area contributed by atoms with Gasteiger partial charge in [-0.1, -0.05) is 11.6 Å². The lowest BCUT2D eigenvalue weighted by Crippen LogP contribution is -2.26. The van der Waals surface area contributed by atoms with Crippen LogP contribution in [0.25, 0.3) is 0 Å². The summed E-state index contributed by atoms with van der Waals surface area (Å²) in [6.07, 6.45) is 0. The van der Waals surface area contributed by atoms with Crippen molar-refractivity contribution in [1.29, 1.82) is 0 Å². The molecule has 7 heteroatoms. The number of hydrogen-bond donors (Lipinski definition) is 0. The minimum Gasteiger partial charge on any atom is -0.465 e. The topological polar surface area (TPSA) is 50.5 Å². The van der Waals surface area contributed by atoms with E-state index in [0.29, 0.717) is 15.3 Å². The van der Waals surface area contributed by atoms with Crippen molar-refractivity contribution in [3.63, 3.8) is 0 Å². The lowest BCUT2D eigenvalue weighted by Gasteiger charge is -2.16. The fraction of sp³-hybridized carbons (Fsp3) is 0.231. The Morgan fingerprint density at radius 3 is 2.55 bits per heavy atom. The summed E-state index contributed by atoms with van der Waals surface area (Å²) in [7, 11) is -2.07. The van der Waals surface area contributed by atoms with E-state index in [1.165, 1.54) is 23.5 Å². The molecule has 0 atom stereocenters. The molecule has 0 radical (unpaired) electrons. The third-order valence-electron chi connectivity index (χ3n) is 2.77. The van der Waals surface area contributed by atoms with Crippen LogP contribution in [-0.2, 0) is 16.6 Å². The van der Waals surface area contributed by atoms with E-state index in [2.05, 4.69) is 15.9 Å². The SMILES string of the molecule is Cc1ccc(CN(C)S(=O)(=O)c2ccc(Cl)c(Br)c2)o1. The summed E-state index contributed by atoms with van der Waals surface area (Å²) in [6, 6.07) is 8.07. The first-order valence-corrected chi connectivity index (χ1v) is 8.38. The minimum absolute atomic E-state index is 0.177. The molecule has 2 rings (SSSR count). The molecule has 0 amide bonds. The van der Waals surface area contributed by atoms with E-state index in [0.717, 1.165) is 5.76 Å². The van der Waals surface area contributed by atoms with Gasteiger partial charge in [-0.2, -0.15) is 4.31 Å². The highest BCUT2D eigenvalue weighted by Gasteiger charge is 2.22. The van der Waals surface area contributed by atoms with E-state index in [9.17, 15) is 8.42 Å². The Balaban J connectivity index is 2.27. The van der Waals surface area contributed by atoms with Gasteiger partial charge in [-0.05, 0) is 53.2 Å². The average molecular weight is 379 g/mol. The van der Waals surface area contributed by atoms with Crippen LogP contribution in [0.2, 0.25) is 5.02 Å². The van der Waals surface area contributed by atoms with E-state index in [4.69, 9.17) is 16.0 Å². The summed E-state index contributed by atoms with van der Waals surface area (Å²) < 4.78 is 32.0. The smallest absolute Gasteiger partial charge is 0.243 e. The monoisotopic (exact) mass is 377 g/mol. The average Bonchev–Trinajstić information content (AvgIpc) is 2.78. The molecule has 2 aromatic rings. The largest absolute Gasteiger partial charge is 0.465 e. The summed E-state index contributed by atoms with van der Waals surface area (Å²) in [6.45, 7) is 1.99. The molecule has 108 valence electrons. The van der Waals surface area contributed by atoms with Crippen molar-refractivity contribution in [1.82, 2.24) is 4.31 Å². The van der Waals surface area contributed by atoms with E-state index in [-0.39, 0.29) is 11.4 Å². The van der Waals surface area contributed by atoms with Crippen LogP contribution in [0, 0.1) is 6.92 Å². The van der Waals surface area contributed by atoms with Gasteiger partial charge in [-0.15, -0.1) is 0 Å². The van der Waals surface area contributed by atoms with Crippen LogP contribution in [-0.4, -0.2) is 19.8 Å². The van der Waals surface area contributed by atoms with E-state index in [1.807, 2.05) is 6.92 Å². The Labute approximate surface area is 131 Å². The predicted octanol–water partition coefficient (Wildman–Crippen LogP) is 3.82. The number of aryl methyl sites for hydroxylation is 1. The van der Waals surface area contributed by atoms with Gasteiger partial charge in [0.25, 0.3) is 0 Å². The van der Waals surface area contributed by atoms with Gasteiger partial charge in [0.2, 0.25) is 10.0 Å². The number of hydrogen-bond acceptors (Lipinski definition) is 3. The summed E-state index contributed by atoms with van der Waals surface area (Å²) in [5.41, 5.74) is 0. The molecule has 0 aliphatic heterocycles. The first-order valence-electron chi connectivity index (χ1n) is 5.77. The molecule has 0 saturated heterocycles. The van der Waals surface area contributed by atoms with Crippen LogP contribution in [0.4, 0.5) is 0 Å². The Morgan fingerprint density at radius 2 is 2.00 bits per heavy atom. The second-order valence-electron chi connectivity index (χ2n) is 4.35. The number of rotatable bonds is 4. The lowest BCUT2D eigenvalue weighted by molar-refractivity contribution is 0.397. The molecule has 1 aromatic heterocycles. The normalized spacial score (nSPS) is 12.1. The van der Waals surface area contributed by atoms with Gasteiger partial charge in [-0.25, -0.2) is 8.42 Å². The summed E-state index contributed by atoms with van der Waals surface area (Å²) in [5.74, 6) is 1.35. The van der Waals surface area contributed by atoms with Crippen molar-refractivity contribution in [2.45, 2.75) is 18.4 Å². The molecule has 0 unspecified atom stereocenters. The molecule has 0 fully saturated rings. The van der Waals surface area contributed by atoms with Crippen LogP contribution in [0.1, 0.15) is 11.5 Å². The van der Waals surface area contributed by atoms with Gasteiger partial charge in [-0.3, -0.25) is 0 Å². The Kier molecular flexibility index (Phi) is 4.59. The molecule has 0 bridgehead atoms. The zero-order chi connectivity index (χ0) is 14.9. The number of benzene rings is 1. The quantitative estimate of drug-likeness (QED) is 0.812. The second kappa shape index (κ2) is 5.89. The zero-order valence-corrected chi connectivity index (χ0v) is 14.1. The molecule has 4 nitrogen and oxygen atoms in total. The van der Waals surface area contributed by atoms with Crippen molar-refractivity contribution in [2.24, 2.45) is 0 Å². The summed E-state index contributed by atoms with van der Waals surface area (Å²) >= 11 is 9.10. The highest BCUT2D eigenvalue weighted by atomic mass is 79.9. The van der Waals surface area contributed by atoms with Crippen LogP contribution >= 0.6 is 27.5 Å². The lowest BCUT2D eigenvalue weighted by atomic mass is 10.4. The third-order valence-corrected chi connectivity index (χ3v) is 5.79. The Bertz CT molecular complexity index is 727. The van der Waals surface area contributed by atoms with Gasteiger partial charge < -0.3 is 4.42 Å². The molecule has 0 N–H and O–H groups in total. The maximum atomic E-state index is 12.4. The van der Waals surface area contributed by atoms with E-state index < -0.39 is 10.0 Å². The molecule has 0 aliphatic carbocycles. The highest BCUT2D eigenvalue weighted by molar-refractivity contribution is 9.10. The van der Waals surface area contributed by atoms with Crippen LogP contribution in [0.5, 0.6) is 0 Å². The van der Waals surface area contributed by atoms with Crippen molar-refractivity contribution in [2.75, 3.05) is 7.05 Å². The Morgan fingerprint density at radius 1 is 1.30 bits per heavy atom. The van der Waals surface area contributed by atoms with Crippen LogP contribution < -0.4 is 0 Å². The van der Waals surface area contributed by atoms with Gasteiger partial charge >= 0.3 is 0 Å². The van der Waals surface area contributed by atoms with Crippen LogP contribution in [0.3, 0.4) is 0 Å². The highest BCUT2D eigenvalue weighted by Crippen LogP contribution is 2.27. The van der Waals surface area contributed by atoms with E-state index in [1.54, 1.807) is 18.2 Å². The number of halogens is 2. The van der Waals surface area contributed by atoms with Gasteiger partial charge in [0.1, 0.15) is 11.5 Å². The van der Waals surface area contributed by atoms with Gasteiger partial charge in [0, 0.05) is 11.5 Å². The van der Waals surface area contributed by atoms with E-state index >= 15 is 0 Å². The number of furan rings is 1. The van der Waals surface area contributed by atoms with Crippen molar-refractivity contribution in [3.05, 3.63) is 51.3 Å². The van der Waals surface area contributed by atoms with Gasteiger partial charge in [0.15, 0.2) is 0 Å². The first-order chi connectivity index (χ1) is 9.30. The molecular weight excluding hydrogens is 366 g/mol. The van der Waals surface area contributed by atoms with Crippen LogP contribution in [0.15, 0.2) is 44.1 Å². The summed E-state index contributed by atoms with van der Waals surface area (Å²) in [5, 5.41) is 0.466. The third kappa shape index (κ3) is 3.25. The summed E-state index contributed by atoms with van der Waals surface area (Å²) in [4.78, 5) is 0.180. The molecule has 0 saturated carbocycles. The van der Waals surface area contributed by atoms with Crippen molar-refractivity contribution < 1.29 is 12.8 Å². The first kappa shape index (κ1) is 15.6. The maximum Gasteiger partial charge on any atom is 0.243 e. The number of sulfonamides is 1. The molecule has 1 aromatic carbocycles. The molecule has 20 heavy (non-hydrogen) atoms. The fourth-order valence-corrected chi connectivity index (χ4v) is 3.50. The fourth-order valence-electron chi connectivity index (χ4n) is 1.69. The minimum atomic E-state index is -3.58. The molecule has 1 heterocycles. The molecule has 0 aliphatic rings. The maximum absolute atomic E-state index is 12.4. The van der Waals surface area contributed by atoms with Crippen molar-refractivity contribution >= 4 is 37.6 Å². The van der Waals surface area contributed by atoms with Gasteiger partial charge in [0.05, 0.1) is 16.5 Å². The Hall–Kier alpha value is -0.820. The predicted molar refractivity (Wildman–Crippen MR) is 81.2 cm³/mol. The molecule has 0 spiro atoms. The molecular formula is C13H13BrClNO3S. The standard InChI is InChI=1S/C13H13BrClNO3S/c1-9-3-4-10(19-9)8-16(2)20(17,18)11-5-6-13(15)12(14)7-11/h3-7H,8H2,1-2H3. The second-order valence-corrected chi connectivity index (χ2v) is 7.66.